The Bertz CT molecular complexity index is 383. The van der Waals surface area contributed by atoms with Gasteiger partial charge in [-0.25, -0.2) is 9.59 Å². The van der Waals surface area contributed by atoms with Crippen LogP contribution in [0.4, 0.5) is 0 Å². The number of hydrogen-bond acceptors (Lipinski definition) is 5. The number of hydroxylamine groups is 2. The van der Waals surface area contributed by atoms with E-state index in [1.807, 2.05) is 0 Å². The van der Waals surface area contributed by atoms with E-state index in [1.165, 1.54) is 7.05 Å². The van der Waals surface area contributed by atoms with E-state index in [4.69, 9.17) is 31.8 Å². The molecule has 0 aromatic heterocycles. The average molecular weight is 280 g/mol. The summed E-state index contributed by atoms with van der Waals surface area (Å²) in [7, 11) is 1.41. The lowest BCUT2D eigenvalue weighted by atomic mass is 10.00. The molecule has 3 N–H and O–H groups in total. The van der Waals surface area contributed by atoms with Gasteiger partial charge in [-0.05, 0) is 12.8 Å². The molecule has 0 saturated heterocycles. The number of aliphatic hydroxyl groups excluding tert-OH is 1. The molecule has 0 saturated carbocycles. The summed E-state index contributed by atoms with van der Waals surface area (Å²) < 4.78 is 0. The second-order valence-corrected chi connectivity index (χ2v) is 4.38. The summed E-state index contributed by atoms with van der Waals surface area (Å²) in [4.78, 5) is 26.9. The maximum absolute atomic E-state index is 11.1. The van der Waals surface area contributed by atoms with E-state index in [1.54, 1.807) is 0 Å². The molecule has 1 aliphatic heterocycles. The molecule has 1 aliphatic rings. The van der Waals surface area contributed by atoms with Gasteiger partial charge < -0.3 is 20.2 Å². The van der Waals surface area contributed by atoms with Crippen molar-refractivity contribution in [3.05, 3.63) is 11.3 Å². The topological polar surface area (TPSA) is 107 Å². The third kappa shape index (κ3) is 2.92. The van der Waals surface area contributed by atoms with Gasteiger partial charge in [0.2, 0.25) is 5.76 Å². The fourth-order valence-corrected chi connectivity index (χ4v) is 2.24. The molecule has 1 heterocycles. The van der Waals surface area contributed by atoms with Crippen LogP contribution in [0.3, 0.4) is 0 Å². The first-order chi connectivity index (χ1) is 8.40. The fourth-order valence-electron chi connectivity index (χ4n) is 1.80. The molecule has 0 aliphatic carbocycles. The van der Waals surface area contributed by atoms with Crippen molar-refractivity contribution < 1.29 is 29.7 Å². The highest BCUT2D eigenvalue weighted by Crippen LogP contribution is 2.31. The third-order valence-electron chi connectivity index (χ3n) is 2.57. The molecular formula is C10H14ClNO6. The Kier molecular flexibility index (Phi) is 4.94. The van der Waals surface area contributed by atoms with Gasteiger partial charge >= 0.3 is 11.9 Å². The molecule has 7 nitrogen and oxygen atoms in total. The van der Waals surface area contributed by atoms with Crippen LogP contribution in [0.1, 0.15) is 12.8 Å². The molecule has 0 aromatic rings. The molecule has 0 bridgehead atoms. The Morgan fingerprint density at radius 1 is 1.44 bits per heavy atom. The molecule has 0 radical (unpaired) electrons. The number of rotatable bonds is 6. The molecule has 8 heteroatoms. The van der Waals surface area contributed by atoms with Gasteiger partial charge in [0.1, 0.15) is 5.57 Å². The number of hydrogen-bond donors (Lipinski definition) is 3. The molecule has 1 rings (SSSR count). The quantitative estimate of drug-likeness (QED) is 0.589. The van der Waals surface area contributed by atoms with Gasteiger partial charge in [-0.2, -0.15) is 0 Å². The Morgan fingerprint density at radius 3 is 2.50 bits per heavy atom. The Labute approximate surface area is 108 Å². The SMILES string of the molecule is CN1OC(C(=O)O)=C(C(=O)O)[C@H]1[C@@H](Cl)CCCO. The van der Waals surface area contributed by atoms with E-state index in [9.17, 15) is 9.59 Å². The maximum atomic E-state index is 11.1. The Hall–Kier alpha value is -1.31. The van der Waals surface area contributed by atoms with E-state index >= 15 is 0 Å². The first-order valence-electron chi connectivity index (χ1n) is 5.26. The highest BCUT2D eigenvalue weighted by atomic mass is 35.5. The summed E-state index contributed by atoms with van der Waals surface area (Å²) in [5, 5.41) is 27.1. The second kappa shape index (κ2) is 6.03. The summed E-state index contributed by atoms with van der Waals surface area (Å²) >= 11 is 6.05. The number of nitrogens with zero attached hydrogens (tertiary/aromatic N) is 1. The number of halogens is 1. The number of carboxylic acid groups (broad SMARTS) is 2. The fraction of sp³-hybridized carbons (Fsp3) is 0.600. The van der Waals surface area contributed by atoms with Crippen LogP contribution >= 0.6 is 11.6 Å². The predicted molar refractivity (Wildman–Crippen MR) is 60.9 cm³/mol. The Morgan fingerprint density at radius 2 is 2.06 bits per heavy atom. The number of alkyl halides is 1. The number of aliphatic hydroxyl groups is 1. The summed E-state index contributed by atoms with van der Waals surface area (Å²) in [6.07, 6.45) is 0.744. The minimum absolute atomic E-state index is 0.0710. The van der Waals surface area contributed by atoms with E-state index in [0.29, 0.717) is 12.8 Å². The zero-order valence-electron chi connectivity index (χ0n) is 9.67. The molecule has 102 valence electrons. The minimum atomic E-state index is -1.45. The lowest BCUT2D eigenvalue weighted by Gasteiger charge is -2.23. The van der Waals surface area contributed by atoms with Crippen LogP contribution in [0.25, 0.3) is 0 Å². The minimum Gasteiger partial charge on any atom is -0.478 e. The number of carbonyl (C=O) groups is 2. The highest BCUT2D eigenvalue weighted by molar-refractivity contribution is 6.22. The van der Waals surface area contributed by atoms with Gasteiger partial charge in [0.05, 0.1) is 11.4 Å². The third-order valence-corrected chi connectivity index (χ3v) is 3.03. The van der Waals surface area contributed by atoms with Gasteiger partial charge in [0.25, 0.3) is 0 Å². The van der Waals surface area contributed by atoms with E-state index in [0.717, 1.165) is 5.06 Å². The lowest BCUT2D eigenvalue weighted by Crippen LogP contribution is -2.37. The molecule has 0 unspecified atom stereocenters. The van der Waals surface area contributed by atoms with Crippen molar-refractivity contribution >= 4 is 23.5 Å². The largest absolute Gasteiger partial charge is 0.478 e. The van der Waals surface area contributed by atoms with Gasteiger partial charge in [0.15, 0.2) is 0 Å². The highest BCUT2D eigenvalue weighted by Gasteiger charge is 2.43. The monoisotopic (exact) mass is 279 g/mol. The molecule has 2 atom stereocenters. The van der Waals surface area contributed by atoms with Crippen molar-refractivity contribution in [2.75, 3.05) is 13.7 Å². The van der Waals surface area contributed by atoms with Crippen LogP contribution in [0.15, 0.2) is 11.3 Å². The van der Waals surface area contributed by atoms with Crippen molar-refractivity contribution in [1.82, 2.24) is 5.06 Å². The average Bonchev–Trinajstić information content (AvgIpc) is 2.64. The Balaban J connectivity index is 3.01. The van der Waals surface area contributed by atoms with Gasteiger partial charge in [-0.1, -0.05) is 0 Å². The predicted octanol–water partition coefficient (Wildman–Crippen LogP) is 0.0352. The molecule has 0 aromatic carbocycles. The summed E-state index contributed by atoms with van der Waals surface area (Å²) in [5.41, 5.74) is -0.372. The number of likely N-dealkylation sites (N-methyl/N-ethyl adjacent to an activating group) is 1. The van der Waals surface area contributed by atoms with Crippen LogP contribution in [0.5, 0.6) is 0 Å². The first-order valence-corrected chi connectivity index (χ1v) is 5.70. The van der Waals surface area contributed by atoms with Crippen LogP contribution < -0.4 is 0 Å². The van der Waals surface area contributed by atoms with Crippen molar-refractivity contribution in [1.29, 1.82) is 0 Å². The van der Waals surface area contributed by atoms with Crippen LogP contribution in [-0.2, 0) is 14.4 Å². The first kappa shape index (κ1) is 14.7. The zero-order chi connectivity index (χ0) is 13.9. The molecule has 0 amide bonds. The molecular weight excluding hydrogens is 266 g/mol. The number of carboxylic acids is 2. The summed E-state index contributed by atoms with van der Waals surface area (Å²) in [6.45, 7) is -0.0710. The van der Waals surface area contributed by atoms with Gasteiger partial charge in [-0.3, -0.25) is 0 Å². The standard InChI is InChI=1S/C10H14ClNO6/c1-12-7(5(11)3-2-4-13)6(9(14)15)8(18-12)10(16)17/h5,7,13H,2-4H2,1H3,(H,14,15)(H,16,17)/t5-,7+/m0/s1. The van der Waals surface area contributed by atoms with Crippen molar-refractivity contribution in [3.8, 4) is 0 Å². The zero-order valence-corrected chi connectivity index (χ0v) is 10.4. The van der Waals surface area contributed by atoms with Crippen LogP contribution in [0.2, 0.25) is 0 Å². The molecule has 0 fully saturated rings. The van der Waals surface area contributed by atoms with Crippen molar-refractivity contribution in [2.45, 2.75) is 24.3 Å². The number of aliphatic carboxylic acids is 2. The van der Waals surface area contributed by atoms with Crippen molar-refractivity contribution in [2.24, 2.45) is 0 Å². The lowest BCUT2D eigenvalue weighted by molar-refractivity contribution is -0.149. The van der Waals surface area contributed by atoms with Crippen LogP contribution in [-0.4, -0.2) is 57.4 Å². The summed E-state index contributed by atoms with van der Waals surface area (Å²) in [6, 6.07) is -0.859. The van der Waals surface area contributed by atoms with Gasteiger partial charge in [0, 0.05) is 13.7 Å². The smallest absolute Gasteiger partial charge is 0.374 e. The van der Waals surface area contributed by atoms with Crippen molar-refractivity contribution in [3.63, 3.8) is 0 Å². The second-order valence-electron chi connectivity index (χ2n) is 3.82. The van der Waals surface area contributed by atoms with E-state index in [-0.39, 0.29) is 12.2 Å². The van der Waals surface area contributed by atoms with E-state index < -0.39 is 29.1 Å². The maximum Gasteiger partial charge on any atom is 0.374 e. The summed E-state index contributed by atoms with van der Waals surface area (Å²) in [5.74, 6) is -3.45. The van der Waals surface area contributed by atoms with Gasteiger partial charge in [-0.15, -0.1) is 16.7 Å². The molecule has 18 heavy (non-hydrogen) atoms. The molecule has 0 spiro atoms. The normalized spacial score (nSPS) is 21.8. The van der Waals surface area contributed by atoms with Crippen LogP contribution in [0, 0.1) is 0 Å². The van der Waals surface area contributed by atoms with E-state index in [2.05, 4.69) is 0 Å².